The zero-order valence-corrected chi connectivity index (χ0v) is 31.7. The number of rotatable bonds is 5. The second-order valence-corrected chi connectivity index (χ2v) is 16.1. The van der Waals surface area contributed by atoms with Crippen LogP contribution in [0.1, 0.15) is 0 Å². The molecule has 0 aliphatic heterocycles. The molecule has 0 atom stereocenters. The van der Waals surface area contributed by atoms with Crippen molar-refractivity contribution < 1.29 is 4.42 Å². The summed E-state index contributed by atoms with van der Waals surface area (Å²) >= 11 is 3.53. The number of benzene rings is 7. The summed E-state index contributed by atoms with van der Waals surface area (Å²) in [6.45, 7) is 0. The van der Waals surface area contributed by atoms with Crippen LogP contribution in [0.2, 0.25) is 0 Å². The van der Waals surface area contributed by atoms with Crippen molar-refractivity contribution in [1.29, 1.82) is 0 Å². The molecule has 57 heavy (non-hydrogen) atoms. The van der Waals surface area contributed by atoms with Crippen LogP contribution in [0.3, 0.4) is 0 Å². The van der Waals surface area contributed by atoms with Gasteiger partial charge >= 0.3 is 0 Å². The summed E-state index contributed by atoms with van der Waals surface area (Å²) in [6, 6.07) is 56.3. The predicted octanol–water partition coefficient (Wildman–Crippen LogP) is 13.6. The molecule has 266 valence electrons. The van der Waals surface area contributed by atoms with E-state index in [2.05, 4.69) is 109 Å². The zero-order valence-electron chi connectivity index (χ0n) is 30.0. The van der Waals surface area contributed by atoms with Crippen molar-refractivity contribution in [1.82, 2.24) is 24.9 Å². The first-order valence-electron chi connectivity index (χ1n) is 18.7. The summed E-state index contributed by atoms with van der Waals surface area (Å²) in [6.07, 6.45) is 0. The van der Waals surface area contributed by atoms with Crippen molar-refractivity contribution in [2.24, 2.45) is 0 Å². The first-order valence-corrected chi connectivity index (χ1v) is 20.3. The third-order valence-corrected chi connectivity index (χ3v) is 12.9. The molecule has 7 aromatic carbocycles. The predicted molar refractivity (Wildman–Crippen MR) is 236 cm³/mol. The second kappa shape index (κ2) is 12.7. The molecule has 6 nitrogen and oxygen atoms in total. The summed E-state index contributed by atoms with van der Waals surface area (Å²) < 4.78 is 11.1. The van der Waals surface area contributed by atoms with Crippen LogP contribution in [0.25, 0.3) is 119 Å². The highest BCUT2D eigenvalue weighted by atomic mass is 32.1. The Morgan fingerprint density at radius 3 is 1.89 bits per heavy atom. The molecule has 0 aliphatic rings. The fraction of sp³-hybridized carbons (Fsp3) is 0. The summed E-state index contributed by atoms with van der Waals surface area (Å²) in [4.78, 5) is 25.8. The first kappa shape index (κ1) is 32.1. The maximum absolute atomic E-state index is 6.36. The number of hydrogen-bond acceptors (Lipinski definition) is 8. The lowest BCUT2D eigenvalue weighted by Gasteiger charge is -2.10. The van der Waals surface area contributed by atoms with E-state index in [9.17, 15) is 0 Å². The average molecular weight is 766 g/mol. The van der Waals surface area contributed by atoms with Crippen molar-refractivity contribution >= 4 is 85.1 Å². The third-order valence-electron chi connectivity index (χ3n) is 10.6. The van der Waals surface area contributed by atoms with E-state index < -0.39 is 0 Å². The minimum atomic E-state index is 0.638. The molecule has 0 radical (unpaired) electrons. The fourth-order valence-electron chi connectivity index (χ4n) is 7.92. The Bertz CT molecular complexity index is 3540. The monoisotopic (exact) mass is 765 g/mol. The molecule has 5 aromatic heterocycles. The SMILES string of the molecule is c1ccc(-c2nc(-c3cccc4c3sc3ccccc34)nc(-c3cccc4sc5cc(-c6nc(-c7ccccc7)c7oc8ccccc8c7n6)ccc5c34)n2)cc1. The minimum Gasteiger partial charge on any atom is -0.452 e. The van der Waals surface area contributed by atoms with Gasteiger partial charge in [-0.3, -0.25) is 0 Å². The molecule has 12 rings (SSSR count). The number of para-hydroxylation sites is 1. The van der Waals surface area contributed by atoms with Gasteiger partial charge in [0.2, 0.25) is 0 Å². The summed E-state index contributed by atoms with van der Waals surface area (Å²) in [5.74, 6) is 2.58. The molecule has 0 fully saturated rings. The lowest BCUT2D eigenvalue weighted by molar-refractivity contribution is 0.667. The Morgan fingerprint density at radius 2 is 1.04 bits per heavy atom. The highest BCUT2D eigenvalue weighted by Crippen LogP contribution is 2.43. The molecule has 0 bridgehead atoms. The molecule has 0 saturated carbocycles. The van der Waals surface area contributed by atoms with Gasteiger partial charge in [0.15, 0.2) is 28.9 Å². The lowest BCUT2D eigenvalue weighted by atomic mass is 10.0. The normalized spacial score (nSPS) is 11.9. The average Bonchev–Trinajstić information content (AvgIpc) is 3.97. The summed E-state index contributed by atoms with van der Waals surface area (Å²) in [5, 5.41) is 5.66. The zero-order chi connectivity index (χ0) is 37.5. The van der Waals surface area contributed by atoms with Crippen LogP contribution in [0, 0.1) is 0 Å². The number of nitrogens with zero attached hydrogens (tertiary/aromatic N) is 5. The van der Waals surface area contributed by atoms with E-state index >= 15 is 0 Å². The first-order chi connectivity index (χ1) is 28.2. The van der Waals surface area contributed by atoms with Gasteiger partial charge in [0.05, 0.1) is 0 Å². The van der Waals surface area contributed by atoms with Crippen molar-refractivity contribution in [2.45, 2.75) is 0 Å². The topological polar surface area (TPSA) is 77.6 Å². The van der Waals surface area contributed by atoms with Gasteiger partial charge in [-0.05, 0) is 36.4 Å². The molecule has 0 amide bonds. The molecule has 0 spiro atoms. The Morgan fingerprint density at radius 1 is 0.386 bits per heavy atom. The van der Waals surface area contributed by atoms with E-state index in [0.29, 0.717) is 28.9 Å². The number of aromatic nitrogens is 5. The third kappa shape index (κ3) is 5.19. The van der Waals surface area contributed by atoms with Crippen molar-refractivity contribution in [3.05, 3.63) is 164 Å². The van der Waals surface area contributed by atoms with E-state index in [-0.39, 0.29) is 0 Å². The maximum atomic E-state index is 6.36. The van der Waals surface area contributed by atoms with Crippen LogP contribution < -0.4 is 0 Å². The van der Waals surface area contributed by atoms with Gasteiger partial charge < -0.3 is 4.42 Å². The van der Waals surface area contributed by atoms with E-state index in [1.807, 2.05) is 54.6 Å². The highest BCUT2D eigenvalue weighted by Gasteiger charge is 2.21. The Balaban J connectivity index is 1.05. The number of hydrogen-bond donors (Lipinski definition) is 0. The van der Waals surface area contributed by atoms with Crippen LogP contribution in [0.15, 0.2) is 168 Å². The van der Waals surface area contributed by atoms with Gasteiger partial charge in [0.25, 0.3) is 0 Å². The molecule has 12 aromatic rings. The largest absolute Gasteiger partial charge is 0.452 e. The van der Waals surface area contributed by atoms with E-state index in [0.717, 1.165) is 70.2 Å². The highest BCUT2D eigenvalue weighted by molar-refractivity contribution is 7.26. The van der Waals surface area contributed by atoms with Crippen LogP contribution in [0.4, 0.5) is 0 Å². The van der Waals surface area contributed by atoms with Gasteiger partial charge in [0, 0.05) is 73.5 Å². The Kier molecular flexibility index (Phi) is 7.17. The quantitative estimate of drug-likeness (QED) is 0.174. The van der Waals surface area contributed by atoms with E-state index in [1.54, 1.807) is 22.7 Å². The molecular weight excluding hydrogens is 739 g/mol. The Labute approximate surface area is 333 Å². The number of thiophene rings is 2. The molecule has 0 N–H and O–H groups in total. The van der Waals surface area contributed by atoms with Gasteiger partial charge in [-0.2, -0.15) is 0 Å². The minimum absolute atomic E-state index is 0.638. The molecule has 8 heteroatoms. The molecular formula is C49H27N5OS2. The molecule has 0 saturated heterocycles. The number of fused-ring (bicyclic) bond motifs is 9. The number of furan rings is 1. The maximum Gasteiger partial charge on any atom is 0.180 e. The molecule has 5 heterocycles. The molecule has 0 aliphatic carbocycles. The van der Waals surface area contributed by atoms with Crippen molar-refractivity contribution in [3.63, 3.8) is 0 Å². The van der Waals surface area contributed by atoms with Gasteiger partial charge in [-0.15, -0.1) is 22.7 Å². The lowest BCUT2D eigenvalue weighted by Crippen LogP contribution is -2.00. The Hall–Kier alpha value is -7.13. The van der Waals surface area contributed by atoms with Crippen LogP contribution in [-0.2, 0) is 0 Å². The second-order valence-electron chi connectivity index (χ2n) is 14.0. The summed E-state index contributed by atoms with van der Waals surface area (Å²) in [7, 11) is 0. The van der Waals surface area contributed by atoms with Crippen LogP contribution in [0.5, 0.6) is 0 Å². The van der Waals surface area contributed by atoms with E-state index in [1.165, 1.54) is 20.2 Å². The van der Waals surface area contributed by atoms with E-state index in [4.69, 9.17) is 29.3 Å². The van der Waals surface area contributed by atoms with Crippen molar-refractivity contribution in [2.75, 3.05) is 0 Å². The van der Waals surface area contributed by atoms with Crippen molar-refractivity contribution in [3.8, 4) is 56.8 Å². The van der Waals surface area contributed by atoms with Gasteiger partial charge in [-0.1, -0.05) is 127 Å². The summed E-state index contributed by atoms with van der Waals surface area (Å²) in [5.41, 5.74) is 7.88. The van der Waals surface area contributed by atoms with Gasteiger partial charge in [0.1, 0.15) is 16.8 Å². The smallest absolute Gasteiger partial charge is 0.180 e. The molecule has 0 unspecified atom stereocenters. The van der Waals surface area contributed by atoms with Crippen LogP contribution >= 0.6 is 22.7 Å². The van der Waals surface area contributed by atoms with Crippen LogP contribution in [-0.4, -0.2) is 24.9 Å². The standard InChI is InChI=1S/C49H27N5OS2/c1-3-13-28(14-4-1)42-44-43(33-18-7-9-22-37(33)55-44)51-47(50-42)30-25-26-34-40(27-30)56-39-24-12-20-35(41(34)39)48-52-46(29-15-5-2-6-16-29)53-49(54-48)36-21-11-19-32-31-17-8-10-23-38(31)57-45(32)36/h1-27H. The van der Waals surface area contributed by atoms with Gasteiger partial charge in [-0.25, -0.2) is 24.9 Å². The fourth-order valence-corrected chi connectivity index (χ4v) is 10.3.